The van der Waals surface area contributed by atoms with E-state index in [4.69, 9.17) is 0 Å². The van der Waals surface area contributed by atoms with Crippen molar-refractivity contribution in [1.29, 1.82) is 0 Å². The minimum absolute atomic E-state index is 0.0866. The molecule has 2 saturated heterocycles. The van der Waals surface area contributed by atoms with Crippen LogP contribution in [0.3, 0.4) is 0 Å². The molecule has 2 N–H and O–H groups in total. The fraction of sp³-hybridized carbons (Fsp3) is 0.421. The molecule has 0 bridgehead atoms. The van der Waals surface area contributed by atoms with Gasteiger partial charge in [0.2, 0.25) is 0 Å². The monoisotopic (exact) mass is 341 g/mol. The van der Waals surface area contributed by atoms with Crippen LogP contribution in [0.25, 0.3) is 10.4 Å². The van der Waals surface area contributed by atoms with Crippen LogP contribution < -0.4 is 10.6 Å². The van der Waals surface area contributed by atoms with E-state index in [0.29, 0.717) is 6.04 Å². The van der Waals surface area contributed by atoms with Crippen LogP contribution in [0.5, 0.6) is 0 Å². The van der Waals surface area contributed by atoms with Gasteiger partial charge in [-0.1, -0.05) is 30.7 Å². The molecule has 4 nitrogen and oxygen atoms in total. The third-order valence-corrected chi connectivity index (χ3v) is 6.04. The highest BCUT2D eigenvalue weighted by atomic mass is 32.1. The van der Waals surface area contributed by atoms with Gasteiger partial charge < -0.3 is 10.6 Å². The number of benzene rings is 1. The highest BCUT2D eigenvalue weighted by Gasteiger charge is 2.36. The lowest BCUT2D eigenvalue weighted by atomic mass is 9.99. The molecule has 0 aliphatic carbocycles. The summed E-state index contributed by atoms with van der Waals surface area (Å²) in [5.41, 5.74) is 1.95. The maximum absolute atomic E-state index is 12.5. The van der Waals surface area contributed by atoms with Crippen molar-refractivity contribution < 1.29 is 4.79 Å². The highest BCUT2D eigenvalue weighted by Crippen LogP contribution is 2.31. The molecule has 2 amide bonds. The Morgan fingerprint density at radius 3 is 2.88 bits per heavy atom. The predicted octanol–water partition coefficient (Wildman–Crippen LogP) is 4.16. The molecule has 0 saturated carbocycles. The predicted molar refractivity (Wildman–Crippen MR) is 99.5 cm³/mol. The lowest BCUT2D eigenvalue weighted by Crippen LogP contribution is -2.48. The number of piperidine rings is 1. The average molecular weight is 341 g/mol. The van der Waals surface area contributed by atoms with Gasteiger partial charge in [0.05, 0.1) is 5.69 Å². The maximum Gasteiger partial charge on any atom is 0.319 e. The molecular weight excluding hydrogens is 318 g/mol. The molecule has 2 atom stereocenters. The summed E-state index contributed by atoms with van der Waals surface area (Å²) in [7, 11) is 0. The van der Waals surface area contributed by atoms with Crippen LogP contribution in [-0.4, -0.2) is 36.1 Å². The number of para-hydroxylation sites is 1. The second-order valence-electron chi connectivity index (χ2n) is 6.62. The number of fused-ring (bicyclic) bond motifs is 1. The highest BCUT2D eigenvalue weighted by molar-refractivity contribution is 7.13. The van der Waals surface area contributed by atoms with Crippen molar-refractivity contribution in [1.82, 2.24) is 10.2 Å². The number of nitrogens with zero attached hydrogens (tertiary/aromatic N) is 1. The molecule has 4 rings (SSSR count). The molecule has 2 fully saturated rings. The molecule has 3 heterocycles. The summed E-state index contributed by atoms with van der Waals surface area (Å²) in [6.45, 7) is 2.30. The smallest absolute Gasteiger partial charge is 0.319 e. The van der Waals surface area contributed by atoms with Crippen molar-refractivity contribution >= 4 is 23.1 Å². The first kappa shape index (κ1) is 15.7. The molecule has 126 valence electrons. The van der Waals surface area contributed by atoms with E-state index in [1.54, 1.807) is 11.3 Å². The molecule has 24 heavy (non-hydrogen) atoms. The summed E-state index contributed by atoms with van der Waals surface area (Å²) < 4.78 is 0. The lowest BCUT2D eigenvalue weighted by molar-refractivity contribution is 0.180. The number of hydrogen-bond acceptors (Lipinski definition) is 3. The molecule has 1 aromatic heterocycles. The van der Waals surface area contributed by atoms with Gasteiger partial charge in [-0.25, -0.2) is 4.79 Å². The van der Waals surface area contributed by atoms with E-state index in [1.165, 1.54) is 30.7 Å². The molecule has 5 heteroatoms. The van der Waals surface area contributed by atoms with Gasteiger partial charge in [-0.15, -0.1) is 11.3 Å². The quantitative estimate of drug-likeness (QED) is 0.880. The molecule has 0 radical (unpaired) electrons. The Morgan fingerprint density at radius 1 is 1.08 bits per heavy atom. The normalized spacial score (nSPS) is 23.7. The first-order valence-corrected chi connectivity index (χ1v) is 9.64. The zero-order valence-corrected chi connectivity index (χ0v) is 14.5. The molecule has 0 spiro atoms. The van der Waals surface area contributed by atoms with Crippen molar-refractivity contribution in [2.45, 2.75) is 37.8 Å². The number of urea groups is 1. The standard InChI is InChI=1S/C19H23N3OS/c23-19(21-16-10-12-22-11-4-3-8-17(16)22)20-15-7-2-1-6-14(15)18-9-5-13-24-18/h1-2,5-7,9,13,16-17H,3-4,8,10-12H2,(H2,20,21,23). The van der Waals surface area contributed by atoms with Gasteiger partial charge in [-0.05, 0) is 43.3 Å². The third-order valence-electron chi connectivity index (χ3n) is 5.13. The fourth-order valence-electron chi connectivity index (χ4n) is 3.98. The Hall–Kier alpha value is -1.85. The fourth-order valence-corrected chi connectivity index (χ4v) is 4.75. The van der Waals surface area contributed by atoms with Gasteiger partial charge in [0.1, 0.15) is 0 Å². The van der Waals surface area contributed by atoms with Gasteiger partial charge in [0, 0.05) is 29.1 Å². The molecular formula is C19H23N3OS. The number of anilines is 1. The van der Waals surface area contributed by atoms with Crippen LogP contribution >= 0.6 is 11.3 Å². The summed E-state index contributed by atoms with van der Waals surface area (Å²) in [6, 6.07) is 12.8. The lowest BCUT2D eigenvalue weighted by Gasteiger charge is -2.32. The van der Waals surface area contributed by atoms with Crippen molar-refractivity contribution in [3.05, 3.63) is 41.8 Å². The Kier molecular flexibility index (Phi) is 4.54. The first-order valence-electron chi connectivity index (χ1n) is 8.76. The summed E-state index contributed by atoms with van der Waals surface area (Å²) >= 11 is 1.69. The van der Waals surface area contributed by atoms with Crippen molar-refractivity contribution in [3.63, 3.8) is 0 Å². The number of rotatable bonds is 3. The zero-order chi connectivity index (χ0) is 16.4. The number of nitrogens with one attached hydrogen (secondary N) is 2. The molecule has 2 aliphatic heterocycles. The van der Waals surface area contributed by atoms with E-state index < -0.39 is 0 Å². The Morgan fingerprint density at radius 2 is 2.00 bits per heavy atom. The Labute approximate surface area is 146 Å². The van der Waals surface area contributed by atoms with Crippen molar-refractivity contribution in [2.75, 3.05) is 18.4 Å². The van der Waals surface area contributed by atoms with E-state index in [-0.39, 0.29) is 12.1 Å². The number of carbonyl (C=O) groups is 1. The zero-order valence-electron chi connectivity index (χ0n) is 13.7. The minimum atomic E-state index is -0.0866. The Bertz CT molecular complexity index is 700. The second kappa shape index (κ2) is 6.95. The molecule has 1 aromatic carbocycles. The van der Waals surface area contributed by atoms with E-state index in [9.17, 15) is 4.79 Å². The SMILES string of the molecule is O=C(Nc1ccccc1-c1cccs1)NC1CCN2CCCCC12. The number of thiophene rings is 1. The van der Waals surface area contributed by atoms with Crippen LogP contribution in [0.4, 0.5) is 10.5 Å². The van der Waals surface area contributed by atoms with Gasteiger partial charge in [0.15, 0.2) is 0 Å². The molecule has 2 aliphatic rings. The number of amides is 2. The maximum atomic E-state index is 12.5. The molecule has 2 unspecified atom stereocenters. The van der Waals surface area contributed by atoms with Crippen molar-refractivity contribution in [2.24, 2.45) is 0 Å². The number of carbonyl (C=O) groups excluding carboxylic acids is 1. The minimum Gasteiger partial charge on any atom is -0.334 e. The summed E-state index contributed by atoms with van der Waals surface area (Å²) in [5.74, 6) is 0. The van der Waals surface area contributed by atoms with Crippen LogP contribution in [0.15, 0.2) is 41.8 Å². The second-order valence-corrected chi connectivity index (χ2v) is 7.56. The van der Waals surface area contributed by atoms with Gasteiger partial charge in [-0.3, -0.25) is 4.90 Å². The Balaban J connectivity index is 1.44. The van der Waals surface area contributed by atoms with Crippen LogP contribution in [0, 0.1) is 0 Å². The van der Waals surface area contributed by atoms with Crippen LogP contribution in [0.2, 0.25) is 0 Å². The first-order chi connectivity index (χ1) is 11.8. The van der Waals surface area contributed by atoms with Gasteiger partial charge in [0.25, 0.3) is 0 Å². The van der Waals surface area contributed by atoms with Crippen molar-refractivity contribution in [3.8, 4) is 10.4 Å². The topological polar surface area (TPSA) is 44.4 Å². The van der Waals surface area contributed by atoms with E-state index >= 15 is 0 Å². The largest absolute Gasteiger partial charge is 0.334 e. The van der Waals surface area contributed by atoms with E-state index in [1.807, 2.05) is 24.3 Å². The van der Waals surface area contributed by atoms with Crippen LogP contribution in [-0.2, 0) is 0 Å². The average Bonchev–Trinajstić information content (AvgIpc) is 3.26. The summed E-state index contributed by atoms with van der Waals surface area (Å²) in [5, 5.41) is 8.33. The third kappa shape index (κ3) is 3.19. The van der Waals surface area contributed by atoms with E-state index in [2.05, 4.69) is 33.0 Å². The summed E-state index contributed by atoms with van der Waals surface area (Å²) in [4.78, 5) is 16.2. The number of hydrogen-bond donors (Lipinski definition) is 2. The van der Waals surface area contributed by atoms with Crippen LogP contribution in [0.1, 0.15) is 25.7 Å². The van der Waals surface area contributed by atoms with Gasteiger partial charge in [-0.2, -0.15) is 0 Å². The van der Waals surface area contributed by atoms with E-state index in [0.717, 1.165) is 24.2 Å². The van der Waals surface area contributed by atoms with Gasteiger partial charge >= 0.3 is 6.03 Å². The molecule has 2 aromatic rings. The summed E-state index contributed by atoms with van der Waals surface area (Å²) in [6.07, 6.45) is 4.84.